The molecule has 96 valence electrons. The molecule has 3 rings (SSSR count). The fourth-order valence-electron chi connectivity index (χ4n) is 2.53. The van der Waals surface area contributed by atoms with Crippen LogP contribution in [0.2, 0.25) is 0 Å². The van der Waals surface area contributed by atoms with Crippen LogP contribution in [-0.2, 0) is 6.42 Å². The van der Waals surface area contributed by atoms with Gasteiger partial charge in [-0.15, -0.1) is 11.8 Å². The van der Waals surface area contributed by atoms with E-state index in [9.17, 15) is 4.79 Å². The summed E-state index contributed by atoms with van der Waals surface area (Å²) in [7, 11) is 0. The van der Waals surface area contributed by atoms with Gasteiger partial charge in [-0.2, -0.15) is 0 Å². The fraction of sp³-hybridized carbons (Fsp3) is 0.235. The van der Waals surface area contributed by atoms with Crippen LogP contribution in [0, 0.1) is 5.92 Å². The van der Waals surface area contributed by atoms with Gasteiger partial charge in [0.15, 0.2) is 5.78 Å². The number of fused-ring (bicyclic) bond motifs is 1. The Balaban J connectivity index is 1.69. The molecular weight excluding hydrogens is 252 g/mol. The van der Waals surface area contributed by atoms with E-state index < -0.39 is 0 Å². The summed E-state index contributed by atoms with van der Waals surface area (Å²) in [6, 6.07) is 18.3. The van der Waals surface area contributed by atoms with Gasteiger partial charge in [-0.3, -0.25) is 4.79 Å². The topological polar surface area (TPSA) is 17.1 Å². The van der Waals surface area contributed by atoms with Gasteiger partial charge < -0.3 is 0 Å². The molecule has 0 heterocycles. The van der Waals surface area contributed by atoms with Gasteiger partial charge in [-0.25, -0.2) is 0 Å². The molecule has 2 heteroatoms. The van der Waals surface area contributed by atoms with E-state index in [0.29, 0.717) is 5.78 Å². The molecule has 0 aliphatic heterocycles. The number of rotatable bonds is 3. The van der Waals surface area contributed by atoms with Gasteiger partial charge in [0.2, 0.25) is 0 Å². The molecule has 1 nitrogen and oxygen atoms in total. The first-order valence-corrected chi connectivity index (χ1v) is 7.63. The summed E-state index contributed by atoms with van der Waals surface area (Å²) in [5, 5.41) is 0. The van der Waals surface area contributed by atoms with Crippen LogP contribution in [0.5, 0.6) is 0 Å². The van der Waals surface area contributed by atoms with E-state index in [1.54, 1.807) is 11.8 Å². The number of thioether (sulfide) groups is 1. The minimum absolute atomic E-state index is 0.167. The van der Waals surface area contributed by atoms with E-state index in [0.717, 1.165) is 24.2 Å². The Labute approximate surface area is 118 Å². The number of aryl methyl sites for hydroxylation is 1. The van der Waals surface area contributed by atoms with Crippen LogP contribution >= 0.6 is 11.8 Å². The molecule has 1 aliphatic rings. The molecule has 0 N–H and O–H groups in total. The lowest BCUT2D eigenvalue weighted by atomic mass is 9.84. The summed E-state index contributed by atoms with van der Waals surface area (Å²) >= 11 is 1.78. The molecule has 0 bridgehead atoms. The van der Waals surface area contributed by atoms with E-state index in [2.05, 4.69) is 18.2 Å². The van der Waals surface area contributed by atoms with E-state index in [-0.39, 0.29) is 5.92 Å². The van der Waals surface area contributed by atoms with E-state index in [1.807, 2.05) is 36.4 Å². The van der Waals surface area contributed by atoms with Crippen molar-refractivity contribution in [2.24, 2.45) is 5.92 Å². The zero-order chi connectivity index (χ0) is 13.1. The van der Waals surface area contributed by atoms with Crippen LogP contribution in [0.1, 0.15) is 22.3 Å². The van der Waals surface area contributed by atoms with Crippen molar-refractivity contribution in [1.29, 1.82) is 0 Å². The van der Waals surface area contributed by atoms with Gasteiger partial charge in [-0.05, 0) is 30.5 Å². The second-order valence-corrected chi connectivity index (χ2v) is 5.97. The molecule has 1 atom stereocenters. The highest BCUT2D eigenvalue weighted by Crippen LogP contribution is 2.30. The number of benzene rings is 2. The van der Waals surface area contributed by atoms with Crippen molar-refractivity contribution in [2.45, 2.75) is 17.7 Å². The highest BCUT2D eigenvalue weighted by molar-refractivity contribution is 7.99. The number of Topliss-reactive ketones (excluding diaryl/α,β-unsaturated/α-hetero) is 1. The molecule has 0 saturated heterocycles. The summed E-state index contributed by atoms with van der Waals surface area (Å²) in [5.41, 5.74) is 2.15. The largest absolute Gasteiger partial charge is 0.294 e. The van der Waals surface area contributed by atoms with Gasteiger partial charge in [0.05, 0.1) is 0 Å². The van der Waals surface area contributed by atoms with Crippen LogP contribution in [0.25, 0.3) is 0 Å². The highest BCUT2D eigenvalue weighted by atomic mass is 32.2. The minimum atomic E-state index is 0.167. The summed E-state index contributed by atoms with van der Waals surface area (Å²) in [4.78, 5) is 13.7. The Morgan fingerprint density at radius 1 is 1.00 bits per heavy atom. The monoisotopic (exact) mass is 268 g/mol. The van der Waals surface area contributed by atoms with E-state index in [4.69, 9.17) is 0 Å². The van der Waals surface area contributed by atoms with Crippen LogP contribution in [0.15, 0.2) is 59.5 Å². The quantitative estimate of drug-likeness (QED) is 0.775. The molecular formula is C17H16OS. The van der Waals surface area contributed by atoms with Crippen molar-refractivity contribution in [2.75, 3.05) is 5.75 Å². The van der Waals surface area contributed by atoms with Crippen LogP contribution in [0.3, 0.4) is 0 Å². The minimum Gasteiger partial charge on any atom is -0.294 e. The van der Waals surface area contributed by atoms with Crippen molar-refractivity contribution in [3.8, 4) is 0 Å². The summed E-state index contributed by atoms with van der Waals surface area (Å²) in [6.45, 7) is 0. The maximum absolute atomic E-state index is 12.4. The first-order chi connectivity index (χ1) is 9.34. The lowest BCUT2D eigenvalue weighted by Gasteiger charge is -2.22. The Kier molecular flexibility index (Phi) is 3.69. The molecule has 0 aromatic heterocycles. The molecule has 0 spiro atoms. The highest BCUT2D eigenvalue weighted by Gasteiger charge is 2.26. The zero-order valence-corrected chi connectivity index (χ0v) is 11.5. The smallest absolute Gasteiger partial charge is 0.167 e. The first kappa shape index (κ1) is 12.5. The number of hydrogen-bond donors (Lipinski definition) is 0. The Morgan fingerprint density at radius 3 is 2.58 bits per heavy atom. The number of carbonyl (C=O) groups is 1. The molecule has 2 aromatic rings. The van der Waals surface area contributed by atoms with E-state index in [1.165, 1.54) is 10.5 Å². The molecule has 0 amide bonds. The van der Waals surface area contributed by atoms with Crippen LogP contribution < -0.4 is 0 Å². The molecule has 0 unspecified atom stereocenters. The summed E-state index contributed by atoms with van der Waals surface area (Å²) in [6.07, 6.45) is 2.01. The summed E-state index contributed by atoms with van der Waals surface area (Å²) in [5.74, 6) is 1.38. The SMILES string of the molecule is O=C1c2ccccc2CC[C@@H]1CSc1ccccc1. The molecule has 19 heavy (non-hydrogen) atoms. The molecule has 0 radical (unpaired) electrons. The van der Waals surface area contributed by atoms with Gasteiger partial charge in [0.25, 0.3) is 0 Å². The first-order valence-electron chi connectivity index (χ1n) is 6.64. The molecule has 0 saturated carbocycles. The van der Waals surface area contributed by atoms with Crippen molar-refractivity contribution in [3.05, 3.63) is 65.7 Å². The lowest BCUT2D eigenvalue weighted by molar-refractivity contribution is 0.0917. The number of hydrogen-bond acceptors (Lipinski definition) is 2. The van der Waals surface area contributed by atoms with Crippen molar-refractivity contribution in [1.82, 2.24) is 0 Å². The van der Waals surface area contributed by atoms with Crippen molar-refractivity contribution in [3.63, 3.8) is 0 Å². The van der Waals surface area contributed by atoms with Gasteiger partial charge in [-0.1, -0.05) is 42.5 Å². The van der Waals surface area contributed by atoms with E-state index >= 15 is 0 Å². The van der Waals surface area contributed by atoms with Crippen molar-refractivity contribution < 1.29 is 4.79 Å². The summed E-state index contributed by atoms with van der Waals surface area (Å²) < 4.78 is 0. The Bertz CT molecular complexity index is 577. The normalized spacial score (nSPS) is 18.1. The van der Waals surface area contributed by atoms with Gasteiger partial charge in [0, 0.05) is 22.1 Å². The third kappa shape index (κ3) is 2.74. The van der Waals surface area contributed by atoms with Crippen LogP contribution in [-0.4, -0.2) is 11.5 Å². The molecule has 1 aliphatic carbocycles. The van der Waals surface area contributed by atoms with Gasteiger partial charge in [0.1, 0.15) is 0 Å². The fourth-order valence-corrected chi connectivity index (χ4v) is 3.59. The maximum Gasteiger partial charge on any atom is 0.167 e. The molecule has 2 aromatic carbocycles. The third-order valence-electron chi connectivity index (χ3n) is 3.61. The predicted molar refractivity (Wildman–Crippen MR) is 79.7 cm³/mol. The third-order valence-corrected chi connectivity index (χ3v) is 4.78. The number of ketones is 1. The zero-order valence-electron chi connectivity index (χ0n) is 10.7. The lowest BCUT2D eigenvalue weighted by Crippen LogP contribution is -2.24. The Hall–Kier alpha value is -1.54. The maximum atomic E-state index is 12.4. The average Bonchev–Trinajstić information content (AvgIpc) is 2.48. The van der Waals surface area contributed by atoms with Crippen LogP contribution in [0.4, 0.5) is 0 Å². The van der Waals surface area contributed by atoms with Crippen molar-refractivity contribution >= 4 is 17.5 Å². The standard InChI is InChI=1S/C17H16OS/c18-17-14(12-19-15-7-2-1-3-8-15)11-10-13-6-4-5-9-16(13)17/h1-9,14H,10-12H2/t14-/m1/s1. The molecule has 0 fully saturated rings. The number of carbonyl (C=O) groups excluding carboxylic acids is 1. The average molecular weight is 268 g/mol. The van der Waals surface area contributed by atoms with Gasteiger partial charge >= 0.3 is 0 Å². The second kappa shape index (κ2) is 5.62. The predicted octanol–water partition coefficient (Wildman–Crippen LogP) is 4.22. The Morgan fingerprint density at radius 2 is 1.74 bits per heavy atom. The second-order valence-electron chi connectivity index (χ2n) is 4.88.